The number of imidazole rings is 1. The molecule has 0 amide bonds. The molecule has 7 nitrogen and oxygen atoms in total. The van der Waals surface area contributed by atoms with Gasteiger partial charge < -0.3 is 18.8 Å². The molecule has 2 heterocycles. The Bertz CT molecular complexity index is 1220. The number of halogens is 3. The minimum atomic E-state index is -4.56. The molecule has 0 N–H and O–H groups in total. The first-order valence-corrected chi connectivity index (χ1v) is 14.9. The maximum Gasteiger partial charge on any atom is 0.434 e. The smallest absolute Gasteiger partial charge is 0.434 e. The SMILES string of the molecule is COC(=O)C(C)(C)COc1ccc(-c2ccc(-c3nc(C(F)(F)F)cn3COCCS(C)(C)C)cc2)cn1. The van der Waals surface area contributed by atoms with Crippen LogP contribution in [0.15, 0.2) is 48.8 Å². The largest absolute Gasteiger partial charge is 0.476 e. The zero-order valence-corrected chi connectivity index (χ0v) is 23.3. The van der Waals surface area contributed by atoms with Crippen LogP contribution in [-0.4, -0.2) is 65.3 Å². The molecule has 0 aliphatic heterocycles. The standard InChI is InChI=1S/C27H34F3N3O4S/c1-26(2,25(34)35-3)17-37-23-12-11-21(15-31-23)19-7-9-20(10-8-19)24-32-22(27(28,29)30)16-33(24)18-36-13-14-38(4,5)6/h7-12,15-16H,13-14,17-18H2,1-6H3. The summed E-state index contributed by atoms with van der Waals surface area (Å²) < 4.78 is 57.6. The van der Waals surface area contributed by atoms with Gasteiger partial charge in [-0.25, -0.2) is 20.0 Å². The fourth-order valence-electron chi connectivity index (χ4n) is 3.39. The van der Waals surface area contributed by atoms with E-state index >= 15 is 0 Å². The highest BCUT2D eigenvalue weighted by molar-refractivity contribution is 8.32. The van der Waals surface area contributed by atoms with E-state index in [4.69, 9.17) is 14.2 Å². The Morgan fingerprint density at radius 3 is 2.18 bits per heavy atom. The number of hydrogen-bond donors (Lipinski definition) is 0. The van der Waals surface area contributed by atoms with E-state index in [-0.39, 0.29) is 25.1 Å². The van der Waals surface area contributed by atoms with Crippen LogP contribution in [-0.2, 0) is 27.2 Å². The average Bonchev–Trinajstić information content (AvgIpc) is 3.30. The molecule has 38 heavy (non-hydrogen) atoms. The third-order valence-corrected chi connectivity index (χ3v) is 7.06. The van der Waals surface area contributed by atoms with Crippen molar-refractivity contribution in [3.63, 3.8) is 0 Å². The Labute approximate surface area is 222 Å². The van der Waals surface area contributed by atoms with Crippen LogP contribution in [0.3, 0.4) is 0 Å². The Kier molecular flexibility index (Phi) is 9.14. The molecule has 0 fully saturated rings. The summed E-state index contributed by atoms with van der Waals surface area (Å²) in [7, 11) is 0.558. The van der Waals surface area contributed by atoms with Gasteiger partial charge in [-0.2, -0.15) is 13.2 Å². The molecule has 0 spiro atoms. The molecule has 0 radical (unpaired) electrons. The number of benzene rings is 1. The molecule has 0 saturated heterocycles. The predicted octanol–water partition coefficient (Wildman–Crippen LogP) is 5.88. The Morgan fingerprint density at radius 2 is 1.63 bits per heavy atom. The molecular weight excluding hydrogens is 519 g/mol. The molecule has 0 atom stereocenters. The molecule has 3 rings (SSSR count). The first-order valence-electron chi connectivity index (χ1n) is 11.9. The van der Waals surface area contributed by atoms with Gasteiger partial charge in [0.1, 0.15) is 19.2 Å². The first-order chi connectivity index (χ1) is 17.7. The zero-order valence-electron chi connectivity index (χ0n) is 22.5. The van der Waals surface area contributed by atoms with Gasteiger partial charge in [-0.1, -0.05) is 24.3 Å². The van der Waals surface area contributed by atoms with Gasteiger partial charge in [-0.05, 0) is 44.2 Å². The number of carbonyl (C=O) groups excluding carboxylic acids is 1. The van der Waals surface area contributed by atoms with Gasteiger partial charge in [0.2, 0.25) is 5.88 Å². The lowest BCUT2D eigenvalue weighted by Crippen LogP contribution is -2.32. The zero-order chi connectivity index (χ0) is 28.1. The molecule has 2 aromatic heterocycles. The van der Waals surface area contributed by atoms with Gasteiger partial charge in [-0.15, -0.1) is 0 Å². The molecule has 208 valence electrons. The second kappa shape index (κ2) is 11.8. The number of carbonyl (C=O) groups is 1. The van der Waals surface area contributed by atoms with E-state index in [0.29, 0.717) is 18.1 Å². The van der Waals surface area contributed by atoms with Gasteiger partial charge in [0, 0.05) is 35.3 Å². The average molecular weight is 554 g/mol. The van der Waals surface area contributed by atoms with Crippen LogP contribution >= 0.6 is 10.0 Å². The van der Waals surface area contributed by atoms with Gasteiger partial charge in [-0.3, -0.25) is 4.79 Å². The second-order valence-corrected chi connectivity index (χ2v) is 15.0. The topological polar surface area (TPSA) is 75.5 Å². The number of methoxy groups -OCH3 is 1. The number of aromatic nitrogens is 3. The highest BCUT2D eigenvalue weighted by Crippen LogP contribution is 2.34. The van der Waals surface area contributed by atoms with E-state index in [0.717, 1.165) is 23.1 Å². The maximum absolute atomic E-state index is 13.4. The fourth-order valence-corrected chi connectivity index (χ4v) is 4.01. The van der Waals surface area contributed by atoms with Gasteiger partial charge in [0.25, 0.3) is 0 Å². The summed E-state index contributed by atoms with van der Waals surface area (Å²) in [6.07, 6.45) is 4.52. The van der Waals surface area contributed by atoms with Crippen molar-refractivity contribution in [2.24, 2.45) is 5.41 Å². The number of pyridine rings is 1. The Morgan fingerprint density at radius 1 is 1.00 bits per heavy atom. The Hall–Kier alpha value is -3.05. The van der Waals surface area contributed by atoms with E-state index in [1.54, 1.807) is 50.4 Å². The lowest BCUT2D eigenvalue weighted by molar-refractivity contribution is -0.152. The fraction of sp³-hybridized carbons (Fsp3) is 0.444. The molecule has 0 unspecified atom stereocenters. The number of rotatable bonds is 11. The summed E-state index contributed by atoms with van der Waals surface area (Å²) in [5, 5.41) is 0. The first kappa shape index (κ1) is 29.5. The third-order valence-electron chi connectivity index (χ3n) is 5.67. The highest BCUT2D eigenvalue weighted by atomic mass is 32.3. The monoisotopic (exact) mass is 553 g/mol. The highest BCUT2D eigenvalue weighted by Gasteiger charge is 2.35. The van der Waals surface area contributed by atoms with Crippen LogP contribution in [0.25, 0.3) is 22.5 Å². The normalized spacial score (nSPS) is 12.9. The van der Waals surface area contributed by atoms with Crippen molar-refractivity contribution in [1.29, 1.82) is 0 Å². The summed E-state index contributed by atoms with van der Waals surface area (Å²) >= 11 is 0. The number of alkyl halides is 3. The molecule has 0 aliphatic carbocycles. The lowest BCUT2D eigenvalue weighted by atomic mass is 9.95. The summed E-state index contributed by atoms with van der Waals surface area (Å²) in [6.45, 7) is 3.99. The van der Waals surface area contributed by atoms with E-state index < -0.39 is 27.3 Å². The van der Waals surface area contributed by atoms with Crippen LogP contribution in [0.1, 0.15) is 19.5 Å². The molecule has 0 saturated carbocycles. The second-order valence-electron chi connectivity index (χ2n) is 10.4. The van der Waals surface area contributed by atoms with Crippen LogP contribution in [0.2, 0.25) is 0 Å². The molecule has 0 bridgehead atoms. The van der Waals surface area contributed by atoms with Crippen LogP contribution < -0.4 is 4.74 Å². The minimum Gasteiger partial charge on any atom is -0.476 e. The third kappa shape index (κ3) is 7.97. The van der Waals surface area contributed by atoms with Crippen molar-refractivity contribution in [3.05, 3.63) is 54.5 Å². The lowest BCUT2D eigenvalue weighted by Gasteiger charge is -2.24. The summed E-state index contributed by atoms with van der Waals surface area (Å²) in [5.41, 5.74) is 0.370. The van der Waals surface area contributed by atoms with Crippen molar-refractivity contribution in [2.75, 3.05) is 44.8 Å². The van der Waals surface area contributed by atoms with Gasteiger partial charge in [0.05, 0.1) is 19.1 Å². The van der Waals surface area contributed by atoms with Crippen LogP contribution in [0, 0.1) is 5.41 Å². The summed E-state index contributed by atoms with van der Waals surface area (Å²) in [4.78, 5) is 20.0. The number of nitrogens with zero attached hydrogens (tertiary/aromatic N) is 3. The van der Waals surface area contributed by atoms with Crippen molar-refractivity contribution < 1.29 is 32.2 Å². The number of ether oxygens (including phenoxy) is 3. The van der Waals surface area contributed by atoms with E-state index in [1.165, 1.54) is 11.7 Å². The molecule has 1 aromatic carbocycles. The van der Waals surface area contributed by atoms with E-state index in [1.807, 2.05) is 6.07 Å². The van der Waals surface area contributed by atoms with Crippen LogP contribution in [0.5, 0.6) is 5.88 Å². The van der Waals surface area contributed by atoms with Gasteiger partial charge in [0.15, 0.2) is 5.69 Å². The van der Waals surface area contributed by atoms with Gasteiger partial charge >= 0.3 is 12.1 Å². The van der Waals surface area contributed by atoms with Crippen molar-refractivity contribution in [1.82, 2.24) is 14.5 Å². The van der Waals surface area contributed by atoms with Crippen LogP contribution in [0.4, 0.5) is 13.2 Å². The Balaban J connectivity index is 1.74. The summed E-state index contributed by atoms with van der Waals surface area (Å²) in [5.74, 6) is 1.02. The van der Waals surface area contributed by atoms with E-state index in [2.05, 4.69) is 28.7 Å². The van der Waals surface area contributed by atoms with Crippen molar-refractivity contribution >= 4 is 16.0 Å². The van der Waals surface area contributed by atoms with Crippen molar-refractivity contribution in [2.45, 2.75) is 26.8 Å². The van der Waals surface area contributed by atoms with E-state index in [9.17, 15) is 18.0 Å². The molecule has 0 aliphatic rings. The molecular formula is C27H34F3N3O4S. The van der Waals surface area contributed by atoms with Crippen molar-refractivity contribution in [3.8, 4) is 28.4 Å². The maximum atomic E-state index is 13.4. The minimum absolute atomic E-state index is 0.0200. The summed E-state index contributed by atoms with van der Waals surface area (Å²) in [6, 6.07) is 10.5. The molecule has 3 aromatic rings. The quantitative estimate of drug-likeness (QED) is 0.218. The number of esters is 1. The predicted molar refractivity (Wildman–Crippen MR) is 143 cm³/mol. The molecule has 11 heteroatoms. The number of hydrogen-bond acceptors (Lipinski definition) is 6.